The van der Waals surface area contributed by atoms with Gasteiger partial charge in [-0.15, -0.1) is 11.3 Å². The zero-order valence-electron chi connectivity index (χ0n) is 16.1. The molecule has 27 heavy (non-hydrogen) atoms. The van der Waals surface area contributed by atoms with Gasteiger partial charge in [0, 0.05) is 22.0 Å². The summed E-state index contributed by atoms with van der Waals surface area (Å²) in [4.78, 5) is 28.5. The molecule has 6 heteroatoms. The predicted octanol–water partition coefficient (Wildman–Crippen LogP) is 4.58. The fourth-order valence-corrected chi connectivity index (χ4v) is 4.21. The number of nitrogens with zero attached hydrogens (tertiary/aromatic N) is 1. The van der Waals surface area contributed by atoms with Crippen LogP contribution in [-0.2, 0) is 9.59 Å². The van der Waals surface area contributed by atoms with E-state index in [4.69, 9.17) is 4.74 Å². The van der Waals surface area contributed by atoms with Gasteiger partial charge in [-0.25, -0.2) is 0 Å². The molecular formula is C21H23NO4S. The number of methoxy groups -OCH3 is 1. The van der Waals surface area contributed by atoms with E-state index in [-0.39, 0.29) is 11.4 Å². The number of ether oxygens (including phenoxy) is 1. The number of carbonyl (C=O) groups is 2. The number of hydrogen-bond acceptors (Lipinski definition) is 5. The van der Waals surface area contributed by atoms with E-state index >= 15 is 0 Å². The minimum absolute atomic E-state index is 0.154. The van der Waals surface area contributed by atoms with Crippen LogP contribution in [0.25, 0.3) is 0 Å². The number of carbonyl (C=O) groups excluding carboxylic acids is 2. The van der Waals surface area contributed by atoms with Crippen LogP contribution in [0.15, 0.2) is 47.0 Å². The Morgan fingerprint density at radius 1 is 1.26 bits per heavy atom. The summed E-state index contributed by atoms with van der Waals surface area (Å²) < 4.78 is 5.28. The van der Waals surface area contributed by atoms with Crippen LogP contribution in [0.2, 0.25) is 0 Å². The smallest absolute Gasteiger partial charge is 0.294 e. The molecule has 3 rings (SSSR count). The zero-order valence-corrected chi connectivity index (χ0v) is 16.9. The molecule has 142 valence electrons. The van der Waals surface area contributed by atoms with E-state index in [1.807, 2.05) is 18.4 Å². The van der Waals surface area contributed by atoms with Crippen molar-refractivity contribution in [2.75, 3.05) is 12.0 Å². The van der Waals surface area contributed by atoms with Crippen molar-refractivity contribution in [3.05, 3.63) is 57.5 Å². The third-order valence-corrected chi connectivity index (χ3v) is 5.69. The number of rotatable bonds is 4. The number of aryl methyl sites for hydroxylation is 1. The lowest BCUT2D eigenvalue weighted by Crippen LogP contribution is -2.32. The summed E-state index contributed by atoms with van der Waals surface area (Å²) in [6, 6.07) is 8.35. The third-order valence-electron chi connectivity index (χ3n) is 4.62. The molecule has 1 amide bonds. The van der Waals surface area contributed by atoms with Crippen molar-refractivity contribution in [3.63, 3.8) is 0 Å². The van der Waals surface area contributed by atoms with E-state index in [0.29, 0.717) is 11.4 Å². The molecule has 0 bridgehead atoms. The van der Waals surface area contributed by atoms with E-state index in [1.54, 1.807) is 52.1 Å². The van der Waals surface area contributed by atoms with Crippen LogP contribution in [0.5, 0.6) is 5.75 Å². The van der Waals surface area contributed by atoms with Gasteiger partial charge in [0.05, 0.1) is 12.7 Å². The average Bonchev–Trinajstić information content (AvgIpc) is 3.15. The van der Waals surface area contributed by atoms with Gasteiger partial charge >= 0.3 is 0 Å². The van der Waals surface area contributed by atoms with Gasteiger partial charge in [0.1, 0.15) is 11.8 Å². The third kappa shape index (κ3) is 3.25. The first-order valence-electron chi connectivity index (χ1n) is 8.66. The Morgan fingerprint density at radius 2 is 1.96 bits per heavy atom. The standard InChI is InChI=1S/C21H23NO4S/c1-12-9-10-27-18(12)16-15(19(24)21(2,3)4)17(23)20(25)22(16)13-7-6-8-14(11-13)26-5/h6-11,16,23H,1-5H3. The van der Waals surface area contributed by atoms with Crippen molar-refractivity contribution >= 4 is 28.7 Å². The Bertz CT molecular complexity index is 936. The van der Waals surface area contributed by atoms with Crippen LogP contribution in [0.3, 0.4) is 0 Å². The van der Waals surface area contributed by atoms with Gasteiger partial charge in [0.25, 0.3) is 5.91 Å². The Kier molecular flexibility index (Phi) is 4.86. The van der Waals surface area contributed by atoms with Crippen molar-refractivity contribution in [1.82, 2.24) is 0 Å². The van der Waals surface area contributed by atoms with Gasteiger partial charge in [-0.3, -0.25) is 14.5 Å². The minimum atomic E-state index is -0.725. The molecule has 0 fully saturated rings. The molecule has 1 aliphatic rings. The topological polar surface area (TPSA) is 66.8 Å². The fourth-order valence-electron chi connectivity index (χ4n) is 3.18. The van der Waals surface area contributed by atoms with Gasteiger partial charge in [0.2, 0.25) is 0 Å². The molecule has 0 saturated carbocycles. The predicted molar refractivity (Wildman–Crippen MR) is 106 cm³/mol. The average molecular weight is 385 g/mol. The summed E-state index contributed by atoms with van der Waals surface area (Å²) in [5, 5.41) is 12.6. The number of aliphatic hydroxyl groups is 1. The normalized spacial score (nSPS) is 17.6. The Balaban J connectivity index is 2.21. The number of anilines is 1. The van der Waals surface area contributed by atoms with Crippen LogP contribution < -0.4 is 9.64 Å². The second kappa shape index (κ2) is 6.85. The van der Waals surface area contributed by atoms with Gasteiger partial charge in [-0.1, -0.05) is 26.8 Å². The molecule has 1 unspecified atom stereocenters. The molecule has 0 aliphatic carbocycles. The molecule has 5 nitrogen and oxygen atoms in total. The van der Waals surface area contributed by atoms with Crippen LogP contribution in [0.4, 0.5) is 5.69 Å². The zero-order chi connectivity index (χ0) is 19.9. The molecule has 0 saturated heterocycles. The molecular weight excluding hydrogens is 362 g/mol. The highest BCUT2D eigenvalue weighted by Crippen LogP contribution is 2.46. The van der Waals surface area contributed by atoms with Crippen LogP contribution in [-0.4, -0.2) is 23.9 Å². The number of aliphatic hydroxyl groups excluding tert-OH is 1. The summed E-state index contributed by atoms with van der Waals surface area (Å²) >= 11 is 1.47. The van der Waals surface area contributed by atoms with Gasteiger partial charge in [-0.2, -0.15) is 0 Å². The quantitative estimate of drug-likeness (QED) is 0.836. The molecule has 1 aromatic carbocycles. The summed E-state index contributed by atoms with van der Waals surface area (Å²) in [5.41, 5.74) is 0.970. The Morgan fingerprint density at radius 3 is 2.52 bits per heavy atom. The van der Waals surface area contributed by atoms with Crippen LogP contribution in [0.1, 0.15) is 37.3 Å². The lowest BCUT2D eigenvalue weighted by molar-refractivity contribution is -0.123. The second-order valence-corrected chi connectivity index (χ2v) is 8.54. The first kappa shape index (κ1) is 19.2. The maximum atomic E-state index is 13.1. The Hall–Kier alpha value is -2.60. The lowest BCUT2D eigenvalue weighted by atomic mass is 9.83. The van der Waals surface area contributed by atoms with Crippen molar-refractivity contribution in [3.8, 4) is 5.75 Å². The highest BCUT2D eigenvalue weighted by atomic mass is 32.1. The highest BCUT2D eigenvalue weighted by molar-refractivity contribution is 7.10. The van der Waals surface area contributed by atoms with E-state index < -0.39 is 23.1 Å². The second-order valence-electron chi connectivity index (χ2n) is 7.59. The number of Topliss-reactive ketones (excluding diaryl/α,β-unsaturated/α-hetero) is 1. The molecule has 1 aliphatic heterocycles. The number of hydrogen-bond donors (Lipinski definition) is 1. The van der Waals surface area contributed by atoms with Crippen LogP contribution in [0, 0.1) is 12.3 Å². The maximum Gasteiger partial charge on any atom is 0.294 e. The first-order chi connectivity index (χ1) is 12.7. The largest absolute Gasteiger partial charge is 0.503 e. The van der Waals surface area contributed by atoms with Crippen molar-refractivity contribution in [2.24, 2.45) is 5.41 Å². The molecule has 1 atom stereocenters. The van der Waals surface area contributed by atoms with Gasteiger partial charge in [0.15, 0.2) is 11.5 Å². The summed E-state index contributed by atoms with van der Waals surface area (Å²) in [6.45, 7) is 7.29. The summed E-state index contributed by atoms with van der Waals surface area (Å²) in [5.74, 6) is -0.696. The number of benzene rings is 1. The fraction of sp³-hybridized carbons (Fsp3) is 0.333. The monoisotopic (exact) mass is 385 g/mol. The first-order valence-corrected chi connectivity index (χ1v) is 9.54. The summed E-state index contributed by atoms with van der Waals surface area (Å²) in [7, 11) is 1.55. The molecule has 0 radical (unpaired) electrons. The highest BCUT2D eigenvalue weighted by Gasteiger charge is 2.47. The van der Waals surface area contributed by atoms with Crippen molar-refractivity contribution in [2.45, 2.75) is 33.7 Å². The van der Waals surface area contributed by atoms with Gasteiger partial charge < -0.3 is 9.84 Å². The van der Waals surface area contributed by atoms with Crippen LogP contribution >= 0.6 is 11.3 Å². The molecule has 0 spiro atoms. The van der Waals surface area contributed by atoms with E-state index in [2.05, 4.69) is 0 Å². The van der Waals surface area contributed by atoms with E-state index in [0.717, 1.165) is 10.4 Å². The van der Waals surface area contributed by atoms with Gasteiger partial charge in [-0.05, 0) is 36.1 Å². The minimum Gasteiger partial charge on any atom is -0.503 e. The molecule has 1 aromatic heterocycles. The maximum absolute atomic E-state index is 13.1. The number of amides is 1. The molecule has 2 heterocycles. The molecule has 1 N–H and O–H groups in total. The van der Waals surface area contributed by atoms with E-state index in [9.17, 15) is 14.7 Å². The molecule has 2 aromatic rings. The number of thiophene rings is 1. The van der Waals surface area contributed by atoms with Crippen molar-refractivity contribution in [1.29, 1.82) is 0 Å². The summed E-state index contributed by atoms with van der Waals surface area (Å²) in [6.07, 6.45) is 0. The number of ketones is 1. The Labute approximate surface area is 162 Å². The van der Waals surface area contributed by atoms with E-state index in [1.165, 1.54) is 16.2 Å². The lowest BCUT2D eigenvalue weighted by Gasteiger charge is -2.28. The van der Waals surface area contributed by atoms with Crippen molar-refractivity contribution < 1.29 is 19.4 Å². The SMILES string of the molecule is COc1cccc(N2C(=O)C(O)=C(C(=O)C(C)(C)C)C2c2sccc2C)c1.